The van der Waals surface area contributed by atoms with E-state index >= 15 is 0 Å². The number of carbonyl (C=O) groups excluding carboxylic acids is 1. The lowest BCUT2D eigenvalue weighted by Crippen LogP contribution is -2.29. The van der Waals surface area contributed by atoms with Gasteiger partial charge in [-0.25, -0.2) is 0 Å². The number of aromatic nitrogens is 2. The van der Waals surface area contributed by atoms with Crippen LogP contribution in [-0.4, -0.2) is 35.8 Å². The first kappa shape index (κ1) is 19.3. The van der Waals surface area contributed by atoms with Crippen molar-refractivity contribution in [2.75, 3.05) is 25.0 Å². The van der Waals surface area contributed by atoms with E-state index in [9.17, 15) is 9.59 Å². The minimum absolute atomic E-state index is 0.0679. The largest absolute Gasteiger partial charge is 0.372 e. The van der Waals surface area contributed by atoms with Crippen molar-refractivity contribution in [2.45, 2.75) is 20.3 Å². The number of carbonyl (C=O) groups is 1. The Labute approximate surface area is 156 Å². The van der Waals surface area contributed by atoms with Gasteiger partial charge in [-0.2, -0.15) is 9.78 Å². The molecule has 6 nitrogen and oxygen atoms in total. The molecule has 8 heteroatoms. The molecule has 0 atom stereocenters. The number of halogens is 2. The highest BCUT2D eigenvalue weighted by atomic mass is 35.5. The summed E-state index contributed by atoms with van der Waals surface area (Å²) in [6, 6.07) is 5.27. The second-order valence-corrected chi connectivity index (χ2v) is 6.54. The summed E-state index contributed by atoms with van der Waals surface area (Å²) in [4.78, 5) is 25.3. The maximum atomic E-state index is 12.6. The van der Waals surface area contributed by atoms with Crippen molar-refractivity contribution in [3.8, 4) is 5.69 Å². The van der Waals surface area contributed by atoms with Gasteiger partial charge in [-0.1, -0.05) is 29.3 Å². The van der Waals surface area contributed by atoms with Crippen molar-refractivity contribution in [1.29, 1.82) is 0 Å². The van der Waals surface area contributed by atoms with E-state index in [4.69, 9.17) is 23.2 Å². The van der Waals surface area contributed by atoms with Crippen LogP contribution >= 0.6 is 23.2 Å². The van der Waals surface area contributed by atoms with Gasteiger partial charge in [0.25, 0.3) is 5.56 Å². The Bertz CT molecular complexity index is 836. The number of amides is 1. The van der Waals surface area contributed by atoms with E-state index in [0.29, 0.717) is 29.5 Å². The molecule has 0 bridgehead atoms. The van der Waals surface area contributed by atoms with Crippen LogP contribution in [0.25, 0.3) is 5.69 Å². The van der Waals surface area contributed by atoms with E-state index in [1.807, 2.05) is 24.9 Å². The summed E-state index contributed by atoms with van der Waals surface area (Å²) in [6.45, 7) is 4.54. The topological polar surface area (TPSA) is 67.2 Å². The van der Waals surface area contributed by atoms with Crippen LogP contribution in [0.1, 0.15) is 18.9 Å². The molecule has 2 aromatic rings. The number of nitrogens with zero attached hydrogens (tertiary/aromatic N) is 3. The molecular formula is C17H20Cl2N4O2. The molecular weight excluding hydrogens is 363 g/mol. The Morgan fingerprint density at radius 3 is 2.72 bits per heavy atom. The summed E-state index contributed by atoms with van der Waals surface area (Å²) in [7, 11) is 1.82. The van der Waals surface area contributed by atoms with Crippen molar-refractivity contribution >= 4 is 34.8 Å². The van der Waals surface area contributed by atoms with Crippen LogP contribution < -0.4 is 15.8 Å². The van der Waals surface area contributed by atoms with Crippen molar-refractivity contribution in [1.82, 2.24) is 15.1 Å². The number of hydrogen-bond donors (Lipinski definition) is 1. The molecule has 0 aliphatic heterocycles. The van der Waals surface area contributed by atoms with Crippen molar-refractivity contribution in [3.05, 3.63) is 50.4 Å². The summed E-state index contributed by atoms with van der Waals surface area (Å²) < 4.78 is 1.22. The zero-order valence-electron chi connectivity index (χ0n) is 14.3. The second kappa shape index (κ2) is 8.36. The molecule has 1 amide bonds. The van der Waals surface area contributed by atoms with Gasteiger partial charge in [0, 0.05) is 32.1 Å². The Hall–Kier alpha value is -2.05. The molecule has 0 aliphatic carbocycles. The van der Waals surface area contributed by atoms with Gasteiger partial charge in [0.05, 0.1) is 17.6 Å². The predicted molar refractivity (Wildman–Crippen MR) is 101 cm³/mol. The smallest absolute Gasteiger partial charge is 0.292 e. The molecule has 0 saturated carbocycles. The Kier molecular flexibility index (Phi) is 6.45. The molecule has 1 aromatic carbocycles. The van der Waals surface area contributed by atoms with Gasteiger partial charge in [-0.05, 0) is 31.0 Å². The summed E-state index contributed by atoms with van der Waals surface area (Å²) >= 11 is 12.4. The first-order valence-electron chi connectivity index (χ1n) is 7.81. The highest BCUT2D eigenvalue weighted by Crippen LogP contribution is 2.22. The molecule has 0 unspecified atom stereocenters. The molecule has 1 aromatic heterocycles. The van der Waals surface area contributed by atoms with Crippen LogP contribution in [-0.2, 0) is 4.79 Å². The summed E-state index contributed by atoms with van der Waals surface area (Å²) in [6.07, 6.45) is 2.28. The third kappa shape index (κ3) is 4.74. The fraction of sp³-hybridized carbons (Fsp3) is 0.353. The van der Waals surface area contributed by atoms with E-state index in [2.05, 4.69) is 10.4 Å². The van der Waals surface area contributed by atoms with E-state index in [-0.39, 0.29) is 10.9 Å². The Balaban J connectivity index is 2.20. The number of nitrogens with one attached hydrogen (secondary N) is 1. The molecule has 1 N–H and O–H groups in total. The fourth-order valence-corrected chi connectivity index (χ4v) is 2.74. The minimum Gasteiger partial charge on any atom is -0.372 e. The number of hydrogen-bond acceptors (Lipinski definition) is 4. The molecule has 0 saturated heterocycles. The van der Waals surface area contributed by atoms with Gasteiger partial charge in [0.1, 0.15) is 5.02 Å². The third-order valence-electron chi connectivity index (χ3n) is 3.76. The van der Waals surface area contributed by atoms with Crippen LogP contribution in [0.4, 0.5) is 5.69 Å². The maximum absolute atomic E-state index is 12.6. The zero-order valence-corrected chi connectivity index (χ0v) is 15.9. The van der Waals surface area contributed by atoms with Crippen LogP contribution in [0.5, 0.6) is 0 Å². The molecule has 134 valence electrons. The monoisotopic (exact) mass is 382 g/mol. The highest BCUT2D eigenvalue weighted by molar-refractivity contribution is 6.33. The summed E-state index contributed by atoms with van der Waals surface area (Å²) in [5.41, 5.74) is 1.61. The Morgan fingerprint density at radius 2 is 2.08 bits per heavy atom. The first-order chi connectivity index (χ1) is 11.8. The number of rotatable bonds is 6. The van der Waals surface area contributed by atoms with Crippen LogP contribution in [0.2, 0.25) is 10.0 Å². The van der Waals surface area contributed by atoms with E-state index < -0.39 is 5.56 Å². The van der Waals surface area contributed by atoms with Crippen molar-refractivity contribution in [2.24, 2.45) is 0 Å². The Morgan fingerprint density at radius 1 is 1.36 bits per heavy atom. The third-order valence-corrected chi connectivity index (χ3v) is 4.52. The van der Waals surface area contributed by atoms with Gasteiger partial charge in [-0.15, -0.1) is 0 Å². The number of aryl methyl sites for hydroxylation is 1. The van der Waals surface area contributed by atoms with Gasteiger partial charge in [-0.3, -0.25) is 9.59 Å². The lowest BCUT2D eigenvalue weighted by molar-refractivity contribution is -0.118. The van der Waals surface area contributed by atoms with Gasteiger partial charge in [0.2, 0.25) is 5.91 Å². The summed E-state index contributed by atoms with van der Waals surface area (Å²) in [5, 5.41) is 7.58. The van der Waals surface area contributed by atoms with Crippen molar-refractivity contribution < 1.29 is 4.79 Å². The van der Waals surface area contributed by atoms with Gasteiger partial charge in [0.15, 0.2) is 0 Å². The molecule has 0 spiro atoms. The average molecular weight is 383 g/mol. The van der Waals surface area contributed by atoms with Crippen molar-refractivity contribution in [3.63, 3.8) is 0 Å². The van der Waals surface area contributed by atoms with Gasteiger partial charge < -0.3 is 10.2 Å². The normalized spacial score (nSPS) is 10.6. The van der Waals surface area contributed by atoms with Crippen LogP contribution in [0.15, 0.2) is 29.2 Å². The number of anilines is 1. The molecule has 0 radical (unpaired) electrons. The summed E-state index contributed by atoms with van der Waals surface area (Å²) in [5.74, 6) is -0.0679. The fourth-order valence-electron chi connectivity index (χ4n) is 2.29. The molecule has 0 fully saturated rings. The lowest BCUT2D eigenvalue weighted by atomic mass is 10.2. The standard InChI is InChI=1S/C17H20Cl2N4O2/c1-11-5-6-13(9-14(11)18)23-17(25)16(19)15(10-21-23)22(3)8-4-7-20-12(2)24/h5-6,9-10H,4,7-8H2,1-3H3,(H,20,24). The molecule has 25 heavy (non-hydrogen) atoms. The second-order valence-electron chi connectivity index (χ2n) is 5.75. The maximum Gasteiger partial charge on any atom is 0.292 e. The SMILES string of the molecule is CC(=O)NCCCN(C)c1cnn(-c2ccc(C)c(Cl)c2)c(=O)c1Cl. The molecule has 1 heterocycles. The first-order valence-corrected chi connectivity index (χ1v) is 8.56. The quantitative estimate of drug-likeness (QED) is 0.779. The van der Waals surface area contributed by atoms with Crippen LogP contribution in [0, 0.1) is 6.92 Å². The predicted octanol–water partition coefficient (Wildman–Crippen LogP) is 2.81. The number of benzene rings is 1. The van der Waals surface area contributed by atoms with E-state index in [1.165, 1.54) is 11.6 Å². The van der Waals surface area contributed by atoms with Gasteiger partial charge >= 0.3 is 0 Å². The van der Waals surface area contributed by atoms with E-state index in [1.54, 1.807) is 18.3 Å². The zero-order chi connectivity index (χ0) is 18.6. The van der Waals surface area contributed by atoms with E-state index in [0.717, 1.165) is 12.0 Å². The average Bonchev–Trinajstić information content (AvgIpc) is 2.56. The molecule has 2 rings (SSSR count). The molecule has 0 aliphatic rings. The van der Waals surface area contributed by atoms with Crippen LogP contribution in [0.3, 0.4) is 0 Å². The highest BCUT2D eigenvalue weighted by Gasteiger charge is 2.14. The minimum atomic E-state index is -0.409. The lowest BCUT2D eigenvalue weighted by Gasteiger charge is -2.20.